The first-order valence-electron chi connectivity index (χ1n) is 7.72. The molecule has 0 bridgehead atoms. The molecule has 12 heteroatoms. The lowest BCUT2D eigenvalue weighted by Crippen LogP contribution is -2.32. The molecule has 0 aliphatic rings. The van der Waals surface area contributed by atoms with Crippen molar-refractivity contribution in [3.8, 4) is 0 Å². The van der Waals surface area contributed by atoms with E-state index in [2.05, 4.69) is 20.3 Å². The summed E-state index contributed by atoms with van der Waals surface area (Å²) in [5.41, 5.74) is 0.519. The summed E-state index contributed by atoms with van der Waals surface area (Å²) in [6.07, 6.45) is -1.91. The van der Waals surface area contributed by atoms with Crippen molar-refractivity contribution in [2.45, 2.75) is 39.9 Å². The summed E-state index contributed by atoms with van der Waals surface area (Å²) in [5, 5.41) is 19.3. The van der Waals surface area contributed by atoms with Crippen LogP contribution in [0.25, 0.3) is 11.2 Å². The van der Waals surface area contributed by atoms with Gasteiger partial charge in [-0.2, -0.15) is 13.2 Å². The van der Waals surface area contributed by atoms with Crippen LogP contribution < -0.4 is 5.32 Å². The maximum absolute atomic E-state index is 11.1. The molecule has 0 spiro atoms. The minimum atomic E-state index is -5.08. The lowest BCUT2D eigenvalue weighted by atomic mass is 9.94. The van der Waals surface area contributed by atoms with E-state index in [1.165, 1.54) is 6.33 Å². The average molecular weight is 391 g/mol. The monoisotopic (exact) mass is 391 g/mol. The van der Waals surface area contributed by atoms with Gasteiger partial charge in [0.2, 0.25) is 0 Å². The number of carboxylic acid groups (broad SMARTS) is 2. The average Bonchev–Trinajstić information content (AvgIpc) is 2.97. The number of aliphatic carboxylic acids is 2. The molecule has 9 nitrogen and oxygen atoms in total. The van der Waals surface area contributed by atoms with Crippen LogP contribution in [0.5, 0.6) is 0 Å². The Morgan fingerprint density at radius 3 is 2.15 bits per heavy atom. The fourth-order valence-electron chi connectivity index (χ4n) is 1.74. The minimum Gasteiger partial charge on any atom is -0.481 e. The summed E-state index contributed by atoms with van der Waals surface area (Å²) >= 11 is 0. The maximum atomic E-state index is 11.1. The first-order chi connectivity index (χ1) is 12.3. The van der Waals surface area contributed by atoms with Crippen LogP contribution in [-0.2, 0) is 9.59 Å². The van der Waals surface area contributed by atoms with Crippen molar-refractivity contribution in [2.75, 3.05) is 11.9 Å². The highest BCUT2D eigenvalue weighted by Gasteiger charge is 2.38. The molecule has 3 N–H and O–H groups in total. The van der Waals surface area contributed by atoms with E-state index >= 15 is 0 Å². The van der Waals surface area contributed by atoms with Crippen LogP contribution in [0.2, 0.25) is 0 Å². The molecule has 0 atom stereocenters. The van der Waals surface area contributed by atoms with Crippen molar-refractivity contribution in [1.82, 2.24) is 19.5 Å². The van der Waals surface area contributed by atoms with Crippen LogP contribution in [0, 0.1) is 5.41 Å². The second kappa shape index (κ2) is 8.18. The number of imidazole rings is 1. The number of nitrogens with one attached hydrogen (secondary N) is 1. The van der Waals surface area contributed by atoms with Crippen LogP contribution in [0.4, 0.5) is 19.0 Å². The zero-order chi connectivity index (χ0) is 21.0. The molecule has 0 amide bonds. The Hall–Kier alpha value is -2.92. The molecule has 150 valence electrons. The van der Waals surface area contributed by atoms with Crippen LogP contribution >= 0.6 is 0 Å². The van der Waals surface area contributed by atoms with Crippen molar-refractivity contribution in [3.05, 3.63) is 12.7 Å². The van der Waals surface area contributed by atoms with Gasteiger partial charge in [0.25, 0.3) is 0 Å². The number of rotatable bonds is 5. The molecule has 0 saturated carbocycles. The number of anilines is 1. The van der Waals surface area contributed by atoms with Crippen LogP contribution in [0.15, 0.2) is 12.7 Å². The zero-order valence-electron chi connectivity index (χ0n) is 15.1. The van der Waals surface area contributed by atoms with Crippen molar-refractivity contribution < 1.29 is 33.0 Å². The van der Waals surface area contributed by atoms with Gasteiger partial charge in [0.1, 0.15) is 11.8 Å². The van der Waals surface area contributed by atoms with Gasteiger partial charge >= 0.3 is 18.1 Å². The first-order valence-corrected chi connectivity index (χ1v) is 7.72. The van der Waals surface area contributed by atoms with Gasteiger partial charge in [0.15, 0.2) is 11.5 Å². The van der Waals surface area contributed by atoms with E-state index in [0.29, 0.717) is 11.3 Å². The number of aromatic nitrogens is 4. The Balaban J connectivity index is 0.000000445. The number of nitrogens with zero attached hydrogens (tertiary/aromatic N) is 4. The molecule has 0 aliphatic heterocycles. The summed E-state index contributed by atoms with van der Waals surface area (Å²) < 4.78 is 33.7. The SMILES string of the molecule is CC(C)n1cnc2c(NCC(C)(C)C(=O)O)ncnc21.O=C(O)C(F)(F)F. The summed E-state index contributed by atoms with van der Waals surface area (Å²) in [7, 11) is 0. The highest BCUT2D eigenvalue weighted by molar-refractivity contribution is 5.83. The van der Waals surface area contributed by atoms with Crippen molar-refractivity contribution >= 4 is 28.9 Å². The number of fused-ring (bicyclic) bond motifs is 1. The molecule has 0 aliphatic carbocycles. The lowest BCUT2D eigenvalue weighted by molar-refractivity contribution is -0.192. The Morgan fingerprint density at radius 1 is 1.15 bits per heavy atom. The Morgan fingerprint density at radius 2 is 1.70 bits per heavy atom. The fraction of sp³-hybridized carbons (Fsp3) is 0.533. The first kappa shape index (κ1) is 22.1. The quantitative estimate of drug-likeness (QED) is 0.709. The highest BCUT2D eigenvalue weighted by Crippen LogP contribution is 2.22. The molecule has 2 aromatic rings. The lowest BCUT2D eigenvalue weighted by Gasteiger charge is -2.19. The molecule has 2 aromatic heterocycles. The molecular formula is C15H20F3N5O4. The number of carboxylic acids is 2. The molecule has 2 heterocycles. The Labute approximate surface area is 152 Å². The van der Waals surface area contributed by atoms with E-state index in [1.54, 1.807) is 20.2 Å². The summed E-state index contributed by atoms with van der Waals surface area (Å²) in [5.74, 6) is -3.06. The minimum absolute atomic E-state index is 0.248. The zero-order valence-corrected chi connectivity index (χ0v) is 15.1. The summed E-state index contributed by atoms with van der Waals surface area (Å²) in [6.45, 7) is 7.68. The number of carbonyl (C=O) groups is 2. The van der Waals surface area contributed by atoms with Gasteiger partial charge < -0.3 is 20.1 Å². The van der Waals surface area contributed by atoms with E-state index in [1.807, 2.05) is 18.4 Å². The Bertz CT molecular complexity index is 817. The van der Waals surface area contributed by atoms with Gasteiger partial charge in [-0.05, 0) is 27.7 Å². The third-order valence-electron chi connectivity index (χ3n) is 3.43. The second-order valence-corrected chi connectivity index (χ2v) is 6.49. The number of alkyl halides is 3. The summed E-state index contributed by atoms with van der Waals surface area (Å²) in [4.78, 5) is 32.7. The smallest absolute Gasteiger partial charge is 0.481 e. The number of hydrogen-bond acceptors (Lipinski definition) is 6. The van der Waals surface area contributed by atoms with Crippen molar-refractivity contribution in [2.24, 2.45) is 5.41 Å². The molecule has 0 aromatic carbocycles. The predicted octanol–water partition coefficient (Wildman–Crippen LogP) is 2.56. The molecule has 0 fully saturated rings. The Kier molecular flexibility index (Phi) is 6.71. The third-order valence-corrected chi connectivity index (χ3v) is 3.43. The van der Waals surface area contributed by atoms with Crippen molar-refractivity contribution in [1.29, 1.82) is 0 Å². The number of halogens is 3. The van der Waals surface area contributed by atoms with E-state index in [0.717, 1.165) is 5.65 Å². The van der Waals surface area contributed by atoms with E-state index in [-0.39, 0.29) is 12.6 Å². The van der Waals surface area contributed by atoms with Crippen LogP contribution in [-0.4, -0.2) is 54.4 Å². The third kappa shape index (κ3) is 5.79. The normalized spacial score (nSPS) is 11.9. The van der Waals surface area contributed by atoms with Gasteiger partial charge in [0, 0.05) is 12.6 Å². The van der Waals surface area contributed by atoms with Crippen LogP contribution in [0.1, 0.15) is 33.7 Å². The maximum Gasteiger partial charge on any atom is 0.490 e. The second-order valence-electron chi connectivity index (χ2n) is 6.49. The molecule has 0 unspecified atom stereocenters. The van der Waals surface area contributed by atoms with Gasteiger partial charge in [-0.1, -0.05) is 0 Å². The van der Waals surface area contributed by atoms with E-state index < -0.39 is 23.5 Å². The molecule has 0 saturated heterocycles. The van der Waals surface area contributed by atoms with Gasteiger partial charge in [-0.15, -0.1) is 0 Å². The molecule has 27 heavy (non-hydrogen) atoms. The van der Waals surface area contributed by atoms with Gasteiger partial charge in [-0.3, -0.25) is 4.79 Å². The molecular weight excluding hydrogens is 371 g/mol. The van der Waals surface area contributed by atoms with Crippen LogP contribution in [0.3, 0.4) is 0 Å². The number of hydrogen-bond donors (Lipinski definition) is 3. The predicted molar refractivity (Wildman–Crippen MR) is 89.3 cm³/mol. The standard InChI is InChI=1S/C13H19N5O2.C2HF3O2/c1-8(2)18-7-17-9-10(15-6-16-11(9)18)14-5-13(3,4)12(19)20;3-2(4,5)1(6)7/h6-8H,5H2,1-4H3,(H,19,20)(H,14,15,16);(H,6,7). The summed E-state index contributed by atoms with van der Waals surface area (Å²) in [6, 6.07) is 0.248. The topological polar surface area (TPSA) is 130 Å². The van der Waals surface area contributed by atoms with Gasteiger partial charge in [-0.25, -0.2) is 19.7 Å². The van der Waals surface area contributed by atoms with E-state index in [9.17, 15) is 18.0 Å². The van der Waals surface area contributed by atoms with Crippen molar-refractivity contribution in [3.63, 3.8) is 0 Å². The largest absolute Gasteiger partial charge is 0.490 e. The fourth-order valence-corrected chi connectivity index (χ4v) is 1.74. The van der Waals surface area contributed by atoms with E-state index in [4.69, 9.17) is 15.0 Å². The highest BCUT2D eigenvalue weighted by atomic mass is 19.4. The van der Waals surface area contributed by atoms with Gasteiger partial charge in [0.05, 0.1) is 11.7 Å². The molecule has 2 rings (SSSR count). The molecule has 0 radical (unpaired) electrons.